The first kappa shape index (κ1) is 10.9. The van der Waals surface area contributed by atoms with Crippen LogP contribution in [0.4, 0.5) is 5.69 Å². The largest absolute Gasteiger partial charge is 0.482 e. The molecule has 0 bridgehead atoms. The molecule has 0 spiro atoms. The molecule has 0 saturated heterocycles. The average molecular weight is 266 g/mol. The van der Waals surface area contributed by atoms with Gasteiger partial charge in [0.1, 0.15) is 11.9 Å². The van der Waals surface area contributed by atoms with Crippen LogP contribution in [-0.2, 0) is 0 Å². The van der Waals surface area contributed by atoms with Crippen LogP contribution in [0.15, 0.2) is 29.6 Å². The molecule has 1 atom stereocenters. The van der Waals surface area contributed by atoms with Gasteiger partial charge in [-0.2, -0.15) is 0 Å². The van der Waals surface area contributed by atoms with Crippen LogP contribution >= 0.6 is 22.9 Å². The van der Waals surface area contributed by atoms with Crippen molar-refractivity contribution in [2.24, 2.45) is 0 Å². The lowest BCUT2D eigenvalue weighted by atomic mass is 10.1. The van der Waals surface area contributed by atoms with Crippen molar-refractivity contribution in [1.82, 2.24) is 0 Å². The summed E-state index contributed by atoms with van der Waals surface area (Å²) in [5, 5.41) is 5.45. The first-order chi connectivity index (χ1) is 8.22. The van der Waals surface area contributed by atoms with Crippen molar-refractivity contribution in [2.75, 3.05) is 11.9 Å². The van der Waals surface area contributed by atoms with Gasteiger partial charge < -0.3 is 10.1 Å². The van der Waals surface area contributed by atoms with E-state index in [1.807, 2.05) is 17.5 Å². The SMILES string of the molecule is Cc1ccc2c(c1)NCC(c1csc(Cl)c1)O2. The molecule has 2 aromatic rings. The first-order valence-corrected chi connectivity index (χ1v) is 6.73. The van der Waals surface area contributed by atoms with E-state index in [0.717, 1.165) is 27.9 Å². The van der Waals surface area contributed by atoms with Gasteiger partial charge in [-0.25, -0.2) is 0 Å². The highest BCUT2D eigenvalue weighted by molar-refractivity contribution is 7.14. The number of aryl methyl sites for hydroxylation is 1. The van der Waals surface area contributed by atoms with Crippen LogP contribution in [-0.4, -0.2) is 6.54 Å². The summed E-state index contributed by atoms with van der Waals surface area (Å²) in [5.41, 5.74) is 3.44. The number of fused-ring (bicyclic) bond motifs is 1. The maximum atomic E-state index is 5.97. The molecule has 0 saturated carbocycles. The number of nitrogens with one attached hydrogen (secondary N) is 1. The van der Waals surface area contributed by atoms with Crippen molar-refractivity contribution >= 4 is 28.6 Å². The number of ether oxygens (including phenoxy) is 1. The van der Waals surface area contributed by atoms with E-state index < -0.39 is 0 Å². The summed E-state index contributed by atoms with van der Waals surface area (Å²) in [5.74, 6) is 0.911. The number of hydrogen-bond acceptors (Lipinski definition) is 3. The van der Waals surface area contributed by atoms with Gasteiger partial charge in [0.25, 0.3) is 0 Å². The topological polar surface area (TPSA) is 21.3 Å². The second kappa shape index (κ2) is 4.24. The molecule has 0 radical (unpaired) electrons. The van der Waals surface area contributed by atoms with Crippen molar-refractivity contribution in [3.8, 4) is 5.75 Å². The molecule has 2 heterocycles. The average Bonchev–Trinajstić information content (AvgIpc) is 2.75. The fraction of sp³-hybridized carbons (Fsp3) is 0.231. The Morgan fingerprint density at radius 1 is 1.41 bits per heavy atom. The molecule has 0 amide bonds. The third kappa shape index (κ3) is 2.13. The maximum Gasteiger partial charge on any atom is 0.143 e. The van der Waals surface area contributed by atoms with Crippen LogP contribution in [0, 0.1) is 6.92 Å². The van der Waals surface area contributed by atoms with Gasteiger partial charge >= 0.3 is 0 Å². The molecule has 0 fully saturated rings. The van der Waals surface area contributed by atoms with E-state index in [-0.39, 0.29) is 6.10 Å². The molecule has 1 aromatic carbocycles. The van der Waals surface area contributed by atoms with Crippen molar-refractivity contribution in [3.05, 3.63) is 45.1 Å². The molecule has 1 aliphatic rings. The van der Waals surface area contributed by atoms with Crippen molar-refractivity contribution < 1.29 is 4.74 Å². The molecule has 88 valence electrons. The molecular weight excluding hydrogens is 254 g/mol. The third-order valence-corrected chi connectivity index (χ3v) is 3.95. The van der Waals surface area contributed by atoms with Gasteiger partial charge in [-0.05, 0) is 36.1 Å². The molecule has 1 aromatic heterocycles. The van der Waals surface area contributed by atoms with E-state index in [9.17, 15) is 0 Å². The Labute approximate surface area is 109 Å². The normalized spacial score (nSPS) is 18.1. The number of rotatable bonds is 1. The predicted octanol–water partition coefficient (Wildman–Crippen LogP) is 4.26. The number of benzene rings is 1. The van der Waals surface area contributed by atoms with Crippen molar-refractivity contribution in [1.29, 1.82) is 0 Å². The standard InChI is InChI=1S/C13H12ClNOS/c1-8-2-3-11-10(4-8)15-6-12(16-11)9-5-13(14)17-7-9/h2-5,7,12,15H,6H2,1H3. The summed E-state index contributed by atoms with van der Waals surface area (Å²) in [6, 6.07) is 8.14. The summed E-state index contributed by atoms with van der Waals surface area (Å²) < 4.78 is 6.78. The molecule has 17 heavy (non-hydrogen) atoms. The smallest absolute Gasteiger partial charge is 0.143 e. The zero-order chi connectivity index (χ0) is 11.8. The molecular formula is C13H12ClNOS. The molecule has 1 aliphatic heterocycles. The number of halogens is 1. The monoisotopic (exact) mass is 265 g/mol. The molecule has 2 nitrogen and oxygen atoms in total. The van der Waals surface area contributed by atoms with Crippen LogP contribution < -0.4 is 10.1 Å². The van der Waals surface area contributed by atoms with Crippen LogP contribution in [0.5, 0.6) is 5.75 Å². The van der Waals surface area contributed by atoms with Crippen LogP contribution in [0.3, 0.4) is 0 Å². The second-order valence-electron chi connectivity index (χ2n) is 4.17. The highest BCUT2D eigenvalue weighted by Gasteiger charge is 2.21. The van der Waals surface area contributed by atoms with E-state index in [0.29, 0.717) is 0 Å². The highest BCUT2D eigenvalue weighted by Crippen LogP contribution is 2.36. The Morgan fingerprint density at radius 2 is 2.29 bits per heavy atom. The van der Waals surface area contributed by atoms with Crippen molar-refractivity contribution in [3.63, 3.8) is 0 Å². The lowest BCUT2D eigenvalue weighted by Gasteiger charge is -2.27. The second-order valence-corrected chi connectivity index (χ2v) is 5.71. The quantitative estimate of drug-likeness (QED) is 0.832. The number of anilines is 1. The summed E-state index contributed by atoms with van der Waals surface area (Å²) >= 11 is 7.48. The fourth-order valence-electron chi connectivity index (χ4n) is 1.96. The van der Waals surface area contributed by atoms with Gasteiger partial charge in [0.2, 0.25) is 0 Å². The number of thiophene rings is 1. The molecule has 3 rings (SSSR count). The third-order valence-electron chi connectivity index (χ3n) is 2.84. The van der Waals surface area contributed by atoms with E-state index in [2.05, 4.69) is 24.4 Å². The summed E-state index contributed by atoms with van der Waals surface area (Å²) in [4.78, 5) is 0. The maximum absolute atomic E-state index is 5.97. The Kier molecular flexibility index (Phi) is 2.73. The highest BCUT2D eigenvalue weighted by atomic mass is 35.5. The van der Waals surface area contributed by atoms with E-state index >= 15 is 0 Å². The minimum absolute atomic E-state index is 0.0500. The molecule has 1 N–H and O–H groups in total. The minimum atomic E-state index is 0.0500. The zero-order valence-electron chi connectivity index (χ0n) is 9.37. The van der Waals surface area contributed by atoms with Gasteiger partial charge in [-0.3, -0.25) is 0 Å². The summed E-state index contributed by atoms with van der Waals surface area (Å²) in [6.07, 6.45) is 0.0500. The van der Waals surface area contributed by atoms with Gasteiger partial charge in [0, 0.05) is 5.56 Å². The lowest BCUT2D eigenvalue weighted by molar-refractivity contribution is 0.211. The zero-order valence-corrected chi connectivity index (χ0v) is 10.9. The van der Waals surface area contributed by atoms with Gasteiger partial charge in [0.15, 0.2) is 0 Å². The Bertz CT molecular complexity index is 552. The number of hydrogen-bond donors (Lipinski definition) is 1. The fourth-order valence-corrected chi connectivity index (χ4v) is 2.89. The van der Waals surface area contributed by atoms with Gasteiger partial charge in [-0.1, -0.05) is 17.7 Å². The minimum Gasteiger partial charge on any atom is -0.482 e. The molecule has 1 unspecified atom stereocenters. The summed E-state index contributed by atoms with van der Waals surface area (Å²) in [7, 11) is 0. The van der Waals surface area contributed by atoms with E-state index in [1.54, 1.807) is 0 Å². The van der Waals surface area contributed by atoms with Crippen LogP contribution in [0.1, 0.15) is 17.2 Å². The first-order valence-electron chi connectivity index (χ1n) is 5.47. The Morgan fingerprint density at radius 3 is 3.06 bits per heavy atom. The predicted molar refractivity (Wildman–Crippen MR) is 72.4 cm³/mol. The Balaban J connectivity index is 1.88. The van der Waals surface area contributed by atoms with Gasteiger partial charge in [0.05, 0.1) is 16.6 Å². The lowest BCUT2D eigenvalue weighted by Crippen LogP contribution is -2.23. The van der Waals surface area contributed by atoms with E-state index in [4.69, 9.17) is 16.3 Å². The van der Waals surface area contributed by atoms with E-state index in [1.165, 1.54) is 16.9 Å². The molecule has 0 aliphatic carbocycles. The summed E-state index contributed by atoms with van der Waals surface area (Å²) in [6.45, 7) is 2.86. The van der Waals surface area contributed by atoms with Crippen LogP contribution in [0.2, 0.25) is 4.34 Å². The van der Waals surface area contributed by atoms with Crippen LogP contribution in [0.25, 0.3) is 0 Å². The van der Waals surface area contributed by atoms with Gasteiger partial charge in [-0.15, -0.1) is 11.3 Å². The van der Waals surface area contributed by atoms with Crippen molar-refractivity contribution in [2.45, 2.75) is 13.0 Å². The Hall–Kier alpha value is -1.19. The molecule has 4 heteroatoms.